The molecule has 0 bridgehead atoms. The molecule has 19 heavy (non-hydrogen) atoms. The maximum absolute atomic E-state index is 5.15. The highest BCUT2D eigenvalue weighted by Crippen LogP contribution is 2.22. The lowest BCUT2D eigenvalue weighted by atomic mass is 10.1. The Hall–Kier alpha value is -0.150. The van der Waals surface area contributed by atoms with E-state index in [2.05, 4.69) is 28.1 Å². The summed E-state index contributed by atoms with van der Waals surface area (Å²) in [5, 5.41) is 1.16. The SMILES string of the molecule is COc1ccc(SCCCCCCCCCBr)cc1. The van der Waals surface area contributed by atoms with Crippen molar-refractivity contribution in [2.45, 2.75) is 49.8 Å². The summed E-state index contributed by atoms with van der Waals surface area (Å²) < 4.78 is 5.15. The Morgan fingerprint density at radius 1 is 0.895 bits per heavy atom. The van der Waals surface area contributed by atoms with Crippen molar-refractivity contribution < 1.29 is 4.74 Å². The molecule has 0 aromatic heterocycles. The Balaban J connectivity index is 1.95. The first-order valence-corrected chi connectivity index (χ1v) is 9.30. The fourth-order valence-corrected chi connectivity index (χ4v) is 3.25. The van der Waals surface area contributed by atoms with Crippen LogP contribution in [0.25, 0.3) is 0 Å². The molecule has 3 heteroatoms. The minimum absolute atomic E-state index is 0.938. The van der Waals surface area contributed by atoms with Crippen molar-refractivity contribution in [3.05, 3.63) is 24.3 Å². The highest BCUT2D eigenvalue weighted by molar-refractivity contribution is 9.09. The fraction of sp³-hybridized carbons (Fsp3) is 0.625. The third-order valence-electron chi connectivity index (χ3n) is 3.11. The number of hydrogen-bond donors (Lipinski definition) is 0. The smallest absolute Gasteiger partial charge is 0.118 e. The Morgan fingerprint density at radius 3 is 2.05 bits per heavy atom. The van der Waals surface area contributed by atoms with E-state index in [0.717, 1.165) is 11.1 Å². The molecule has 0 aliphatic heterocycles. The molecule has 1 rings (SSSR count). The zero-order valence-electron chi connectivity index (χ0n) is 11.9. The van der Waals surface area contributed by atoms with Crippen molar-refractivity contribution in [1.82, 2.24) is 0 Å². The van der Waals surface area contributed by atoms with Crippen LogP contribution in [0.5, 0.6) is 5.75 Å². The first kappa shape index (κ1) is 16.9. The van der Waals surface area contributed by atoms with Gasteiger partial charge in [0, 0.05) is 10.2 Å². The van der Waals surface area contributed by atoms with Gasteiger partial charge in [0.1, 0.15) is 5.75 Å². The third kappa shape index (κ3) is 8.59. The summed E-state index contributed by atoms with van der Waals surface area (Å²) in [6, 6.07) is 8.35. The van der Waals surface area contributed by atoms with Crippen molar-refractivity contribution >= 4 is 27.7 Å². The lowest BCUT2D eigenvalue weighted by molar-refractivity contribution is 0.414. The Kier molecular flexibility index (Phi) is 10.4. The van der Waals surface area contributed by atoms with Crippen LogP contribution in [0.15, 0.2) is 29.2 Å². The van der Waals surface area contributed by atoms with E-state index in [1.165, 1.54) is 55.6 Å². The topological polar surface area (TPSA) is 9.23 Å². The van der Waals surface area contributed by atoms with Gasteiger partial charge in [0.2, 0.25) is 0 Å². The second kappa shape index (κ2) is 11.7. The number of benzene rings is 1. The van der Waals surface area contributed by atoms with Gasteiger partial charge in [-0.2, -0.15) is 0 Å². The zero-order valence-corrected chi connectivity index (χ0v) is 14.3. The second-order valence-electron chi connectivity index (χ2n) is 4.69. The van der Waals surface area contributed by atoms with Crippen LogP contribution in [0.3, 0.4) is 0 Å². The van der Waals surface area contributed by atoms with Crippen LogP contribution in [0.4, 0.5) is 0 Å². The summed E-state index contributed by atoms with van der Waals surface area (Å²) in [6.45, 7) is 0. The molecule has 0 saturated carbocycles. The zero-order chi connectivity index (χ0) is 13.8. The molecule has 0 N–H and O–H groups in total. The number of rotatable bonds is 11. The number of halogens is 1. The Morgan fingerprint density at radius 2 is 1.47 bits per heavy atom. The highest BCUT2D eigenvalue weighted by atomic mass is 79.9. The van der Waals surface area contributed by atoms with Gasteiger partial charge < -0.3 is 4.74 Å². The van der Waals surface area contributed by atoms with Gasteiger partial charge in [-0.3, -0.25) is 0 Å². The number of unbranched alkanes of at least 4 members (excludes halogenated alkanes) is 6. The highest BCUT2D eigenvalue weighted by Gasteiger charge is 1.96. The van der Waals surface area contributed by atoms with Gasteiger partial charge >= 0.3 is 0 Å². The molecule has 0 amide bonds. The Labute approximate surface area is 130 Å². The van der Waals surface area contributed by atoms with E-state index in [9.17, 15) is 0 Å². The van der Waals surface area contributed by atoms with E-state index >= 15 is 0 Å². The van der Waals surface area contributed by atoms with E-state index in [1.807, 2.05) is 23.9 Å². The van der Waals surface area contributed by atoms with Crippen LogP contribution >= 0.6 is 27.7 Å². The minimum Gasteiger partial charge on any atom is -0.497 e. The molecule has 108 valence electrons. The van der Waals surface area contributed by atoms with Crippen molar-refractivity contribution in [2.24, 2.45) is 0 Å². The van der Waals surface area contributed by atoms with E-state index in [4.69, 9.17) is 4.74 Å². The van der Waals surface area contributed by atoms with Crippen molar-refractivity contribution in [1.29, 1.82) is 0 Å². The van der Waals surface area contributed by atoms with Crippen LogP contribution < -0.4 is 4.74 Å². The minimum atomic E-state index is 0.938. The van der Waals surface area contributed by atoms with Gasteiger partial charge in [-0.15, -0.1) is 11.8 Å². The summed E-state index contributed by atoms with van der Waals surface area (Å²) in [5.74, 6) is 2.17. The van der Waals surface area contributed by atoms with E-state index in [-0.39, 0.29) is 0 Å². The number of ether oxygens (including phenoxy) is 1. The number of alkyl halides is 1. The molecule has 0 unspecified atom stereocenters. The molecule has 0 heterocycles. The number of methoxy groups -OCH3 is 1. The molecule has 1 aromatic rings. The molecular formula is C16H25BrOS. The van der Waals surface area contributed by atoms with Crippen molar-refractivity contribution in [3.63, 3.8) is 0 Å². The van der Waals surface area contributed by atoms with Gasteiger partial charge in [0.25, 0.3) is 0 Å². The van der Waals surface area contributed by atoms with Crippen LogP contribution in [0.2, 0.25) is 0 Å². The van der Waals surface area contributed by atoms with Gasteiger partial charge in [0.05, 0.1) is 7.11 Å². The molecule has 1 nitrogen and oxygen atoms in total. The lowest BCUT2D eigenvalue weighted by Gasteiger charge is -2.04. The van der Waals surface area contributed by atoms with E-state index in [1.54, 1.807) is 7.11 Å². The van der Waals surface area contributed by atoms with Crippen LogP contribution in [0.1, 0.15) is 44.9 Å². The van der Waals surface area contributed by atoms with Crippen LogP contribution in [-0.4, -0.2) is 18.2 Å². The average molecular weight is 345 g/mol. The first-order chi connectivity index (χ1) is 9.36. The standard InChI is InChI=1S/C16H25BrOS/c1-18-15-9-11-16(12-10-15)19-14-8-6-4-2-3-5-7-13-17/h9-12H,2-8,13-14H2,1H3. The maximum Gasteiger partial charge on any atom is 0.118 e. The maximum atomic E-state index is 5.15. The summed E-state index contributed by atoms with van der Waals surface area (Å²) in [4.78, 5) is 1.35. The third-order valence-corrected chi connectivity index (χ3v) is 4.77. The predicted octanol–water partition coefficient (Wildman–Crippen LogP) is 5.91. The van der Waals surface area contributed by atoms with Gasteiger partial charge in [0.15, 0.2) is 0 Å². The van der Waals surface area contributed by atoms with Gasteiger partial charge in [-0.05, 0) is 42.9 Å². The summed E-state index contributed by atoms with van der Waals surface area (Å²) in [5.41, 5.74) is 0. The monoisotopic (exact) mass is 344 g/mol. The van der Waals surface area contributed by atoms with E-state index in [0.29, 0.717) is 0 Å². The molecule has 1 aromatic carbocycles. The second-order valence-corrected chi connectivity index (χ2v) is 6.65. The lowest BCUT2D eigenvalue weighted by Crippen LogP contribution is -1.84. The van der Waals surface area contributed by atoms with E-state index < -0.39 is 0 Å². The normalized spacial score (nSPS) is 10.6. The van der Waals surface area contributed by atoms with Crippen LogP contribution in [0, 0.1) is 0 Å². The molecule has 0 fully saturated rings. The Bertz CT molecular complexity index is 313. The largest absolute Gasteiger partial charge is 0.497 e. The summed E-state index contributed by atoms with van der Waals surface area (Å²) >= 11 is 5.42. The molecule has 0 saturated heterocycles. The predicted molar refractivity (Wildman–Crippen MR) is 89.8 cm³/mol. The van der Waals surface area contributed by atoms with Crippen molar-refractivity contribution in [2.75, 3.05) is 18.2 Å². The quantitative estimate of drug-likeness (QED) is 0.280. The molecule has 0 aliphatic rings. The average Bonchev–Trinajstić information content (AvgIpc) is 2.46. The van der Waals surface area contributed by atoms with Crippen molar-refractivity contribution in [3.8, 4) is 5.75 Å². The number of thioether (sulfide) groups is 1. The molecule has 0 aliphatic carbocycles. The van der Waals surface area contributed by atoms with Crippen LogP contribution in [-0.2, 0) is 0 Å². The summed E-state index contributed by atoms with van der Waals surface area (Å²) in [7, 11) is 1.71. The number of hydrogen-bond acceptors (Lipinski definition) is 2. The molecule has 0 spiro atoms. The van der Waals surface area contributed by atoms with Gasteiger partial charge in [-0.25, -0.2) is 0 Å². The molecular weight excluding hydrogens is 320 g/mol. The summed E-state index contributed by atoms with van der Waals surface area (Å²) in [6.07, 6.45) is 9.61. The first-order valence-electron chi connectivity index (χ1n) is 7.19. The molecule has 0 atom stereocenters. The fourth-order valence-electron chi connectivity index (χ4n) is 1.94. The molecule has 0 radical (unpaired) electrons. The van der Waals surface area contributed by atoms with Gasteiger partial charge in [-0.1, -0.05) is 48.0 Å².